The van der Waals surface area contributed by atoms with Crippen molar-refractivity contribution in [3.8, 4) is 0 Å². The van der Waals surface area contributed by atoms with Gasteiger partial charge in [0.25, 0.3) is 0 Å². The van der Waals surface area contributed by atoms with E-state index in [2.05, 4.69) is 34.2 Å². The molecule has 0 amide bonds. The fraction of sp³-hybridized carbons (Fsp3) is 0.278. The van der Waals surface area contributed by atoms with E-state index in [-0.39, 0.29) is 0 Å². The summed E-state index contributed by atoms with van der Waals surface area (Å²) in [4.78, 5) is 6.81. The third-order valence-corrected chi connectivity index (χ3v) is 3.82. The van der Waals surface area contributed by atoms with Crippen molar-refractivity contribution in [3.05, 3.63) is 53.7 Å². The molecule has 3 rings (SSSR count). The first-order chi connectivity index (χ1) is 10.3. The Balaban J connectivity index is 1.82. The van der Waals surface area contributed by atoms with Gasteiger partial charge in [0.1, 0.15) is 5.82 Å². The van der Waals surface area contributed by atoms with Crippen LogP contribution in [0.15, 0.2) is 42.5 Å². The third kappa shape index (κ3) is 3.63. The van der Waals surface area contributed by atoms with Crippen LogP contribution in [0.2, 0.25) is 0 Å². The molecule has 2 aromatic rings. The zero-order valence-electron chi connectivity index (χ0n) is 12.2. The Kier molecular flexibility index (Phi) is 4.20. The van der Waals surface area contributed by atoms with Crippen LogP contribution < -0.4 is 10.6 Å². The van der Waals surface area contributed by atoms with Crippen molar-refractivity contribution < 1.29 is 0 Å². The quantitative estimate of drug-likeness (QED) is 0.928. The number of aromatic nitrogens is 1. The molecule has 0 aliphatic carbocycles. The van der Waals surface area contributed by atoms with E-state index >= 15 is 0 Å². The van der Waals surface area contributed by atoms with E-state index in [1.54, 1.807) is 0 Å². The maximum absolute atomic E-state index is 5.96. The van der Waals surface area contributed by atoms with Gasteiger partial charge < -0.3 is 10.6 Å². The highest BCUT2D eigenvalue weighted by molar-refractivity contribution is 5.71. The number of benzene rings is 1. The number of anilines is 2. The van der Waals surface area contributed by atoms with Gasteiger partial charge in [-0.05, 0) is 37.0 Å². The molecule has 1 fully saturated rings. The normalized spacial score (nSPS) is 15.5. The van der Waals surface area contributed by atoms with Crippen molar-refractivity contribution in [2.45, 2.75) is 19.3 Å². The minimum atomic E-state index is 0.589. The predicted molar refractivity (Wildman–Crippen MR) is 90.1 cm³/mol. The van der Waals surface area contributed by atoms with Crippen molar-refractivity contribution in [2.24, 2.45) is 0 Å². The van der Waals surface area contributed by atoms with Gasteiger partial charge in [0.05, 0.1) is 5.69 Å². The molecule has 2 N–H and O–H groups in total. The second-order valence-electron chi connectivity index (χ2n) is 5.47. The average molecular weight is 279 g/mol. The van der Waals surface area contributed by atoms with Crippen LogP contribution in [0.3, 0.4) is 0 Å². The maximum Gasteiger partial charge on any atom is 0.126 e. The third-order valence-electron chi connectivity index (χ3n) is 3.82. The van der Waals surface area contributed by atoms with Crippen LogP contribution in [0, 0.1) is 0 Å². The molecule has 108 valence electrons. The highest BCUT2D eigenvalue weighted by Gasteiger charge is 2.12. The lowest BCUT2D eigenvalue weighted by Crippen LogP contribution is -2.29. The number of nitrogens with zero attached hydrogens (tertiary/aromatic N) is 2. The molecule has 1 aromatic heterocycles. The summed E-state index contributed by atoms with van der Waals surface area (Å²) in [7, 11) is 0. The Bertz CT molecular complexity index is 614. The number of piperidine rings is 1. The smallest absolute Gasteiger partial charge is 0.126 e. The lowest BCUT2D eigenvalue weighted by Gasteiger charge is -2.29. The van der Waals surface area contributed by atoms with Gasteiger partial charge in [-0.1, -0.05) is 36.4 Å². The molecule has 3 heteroatoms. The van der Waals surface area contributed by atoms with Crippen LogP contribution >= 0.6 is 0 Å². The molecule has 0 radical (unpaired) electrons. The van der Waals surface area contributed by atoms with Crippen molar-refractivity contribution >= 4 is 23.7 Å². The van der Waals surface area contributed by atoms with Crippen LogP contribution in [-0.2, 0) is 0 Å². The van der Waals surface area contributed by atoms with Gasteiger partial charge in [0, 0.05) is 24.8 Å². The van der Waals surface area contributed by atoms with Gasteiger partial charge in [-0.15, -0.1) is 0 Å². The van der Waals surface area contributed by atoms with Crippen LogP contribution in [0.25, 0.3) is 12.2 Å². The molecule has 2 heterocycles. The molecule has 1 saturated heterocycles. The van der Waals surface area contributed by atoms with Gasteiger partial charge in [-0.2, -0.15) is 0 Å². The summed E-state index contributed by atoms with van der Waals surface area (Å²) >= 11 is 0. The number of hydrogen-bond acceptors (Lipinski definition) is 3. The summed E-state index contributed by atoms with van der Waals surface area (Å²) in [6, 6.07) is 14.3. The molecule has 0 bridgehead atoms. The second kappa shape index (κ2) is 6.44. The van der Waals surface area contributed by atoms with Gasteiger partial charge >= 0.3 is 0 Å². The molecule has 0 atom stereocenters. The fourth-order valence-corrected chi connectivity index (χ4v) is 2.72. The molecule has 1 aromatic carbocycles. The maximum atomic E-state index is 5.96. The summed E-state index contributed by atoms with van der Waals surface area (Å²) in [6.45, 7) is 2.23. The van der Waals surface area contributed by atoms with Crippen LogP contribution in [0.4, 0.5) is 11.5 Å². The number of pyridine rings is 1. The molecule has 0 unspecified atom stereocenters. The molecular weight excluding hydrogens is 258 g/mol. The fourth-order valence-electron chi connectivity index (χ4n) is 2.72. The average Bonchev–Trinajstić information content (AvgIpc) is 2.54. The summed E-state index contributed by atoms with van der Waals surface area (Å²) in [5.41, 5.74) is 9.24. The molecule has 21 heavy (non-hydrogen) atoms. The van der Waals surface area contributed by atoms with Crippen LogP contribution in [0.5, 0.6) is 0 Å². The first kappa shape index (κ1) is 13.7. The lowest BCUT2D eigenvalue weighted by molar-refractivity contribution is 0.578. The van der Waals surface area contributed by atoms with E-state index in [1.165, 1.54) is 30.5 Å². The Labute approximate surface area is 126 Å². The monoisotopic (exact) mass is 279 g/mol. The molecular formula is C18H21N3. The van der Waals surface area contributed by atoms with Crippen molar-refractivity contribution in [2.75, 3.05) is 23.7 Å². The van der Waals surface area contributed by atoms with Crippen molar-refractivity contribution in [1.29, 1.82) is 0 Å². The molecule has 3 nitrogen and oxygen atoms in total. The summed E-state index contributed by atoms with van der Waals surface area (Å²) in [6.07, 6.45) is 7.95. The second-order valence-corrected chi connectivity index (χ2v) is 5.47. The topological polar surface area (TPSA) is 42.1 Å². The van der Waals surface area contributed by atoms with E-state index in [0.717, 1.165) is 18.8 Å². The highest BCUT2D eigenvalue weighted by atomic mass is 15.1. The Morgan fingerprint density at radius 1 is 0.952 bits per heavy atom. The number of rotatable bonds is 3. The minimum absolute atomic E-state index is 0.589. The van der Waals surface area contributed by atoms with E-state index in [0.29, 0.717) is 5.82 Å². The zero-order valence-corrected chi connectivity index (χ0v) is 12.2. The van der Waals surface area contributed by atoms with E-state index in [4.69, 9.17) is 5.73 Å². The summed E-state index contributed by atoms with van der Waals surface area (Å²) in [5, 5.41) is 0. The highest BCUT2D eigenvalue weighted by Crippen LogP contribution is 2.23. The zero-order chi connectivity index (χ0) is 14.5. The summed E-state index contributed by atoms with van der Waals surface area (Å²) in [5.74, 6) is 0.589. The van der Waals surface area contributed by atoms with Gasteiger partial charge in [0.15, 0.2) is 0 Å². The van der Waals surface area contributed by atoms with E-state index < -0.39 is 0 Å². The lowest BCUT2D eigenvalue weighted by atomic mass is 10.1. The molecule has 1 aliphatic heterocycles. The van der Waals surface area contributed by atoms with Crippen molar-refractivity contribution in [3.63, 3.8) is 0 Å². The predicted octanol–water partition coefficient (Wildman–Crippen LogP) is 3.82. The van der Waals surface area contributed by atoms with Crippen LogP contribution in [0.1, 0.15) is 30.5 Å². The van der Waals surface area contributed by atoms with Gasteiger partial charge in [-0.3, -0.25) is 0 Å². The van der Waals surface area contributed by atoms with E-state index in [1.807, 2.05) is 30.3 Å². The van der Waals surface area contributed by atoms with Crippen LogP contribution in [-0.4, -0.2) is 18.1 Å². The number of hydrogen-bond donors (Lipinski definition) is 1. The molecule has 0 saturated carbocycles. The minimum Gasteiger partial charge on any atom is -0.384 e. The van der Waals surface area contributed by atoms with E-state index in [9.17, 15) is 0 Å². The van der Waals surface area contributed by atoms with Gasteiger partial charge in [0.2, 0.25) is 0 Å². The van der Waals surface area contributed by atoms with Gasteiger partial charge in [-0.25, -0.2) is 4.98 Å². The molecule has 0 spiro atoms. The Morgan fingerprint density at radius 2 is 1.71 bits per heavy atom. The number of nitrogens with two attached hydrogens (primary N) is 1. The van der Waals surface area contributed by atoms with Crippen molar-refractivity contribution in [1.82, 2.24) is 4.98 Å². The molecule has 1 aliphatic rings. The standard InChI is InChI=1S/C18H21N3/c19-18-14-17(21-11-5-2-6-12-21)13-16(20-18)10-9-15-7-3-1-4-8-15/h1,3-4,7-10,13-14H,2,5-6,11-12H2,(H2,19,20)/b10-9+. The summed E-state index contributed by atoms with van der Waals surface area (Å²) < 4.78 is 0. The first-order valence-electron chi connectivity index (χ1n) is 7.57. The Hall–Kier alpha value is -2.29. The number of nitrogen functional groups attached to an aromatic ring is 1. The Morgan fingerprint density at radius 3 is 2.48 bits per heavy atom. The first-order valence-corrected chi connectivity index (χ1v) is 7.57. The largest absolute Gasteiger partial charge is 0.384 e. The SMILES string of the molecule is Nc1cc(N2CCCCC2)cc(/C=C/c2ccccc2)n1.